The van der Waals surface area contributed by atoms with Crippen molar-refractivity contribution < 1.29 is 5.11 Å². The van der Waals surface area contributed by atoms with Crippen LogP contribution in [0.25, 0.3) is 0 Å². The molecule has 1 unspecified atom stereocenters. The first-order valence-corrected chi connectivity index (χ1v) is 5.31. The van der Waals surface area contributed by atoms with Crippen LogP contribution < -0.4 is 5.32 Å². The van der Waals surface area contributed by atoms with Gasteiger partial charge in [-0.1, -0.05) is 11.6 Å². The first kappa shape index (κ1) is 12.2. The number of hydrogen-bond acceptors (Lipinski definition) is 4. The molecule has 0 radical (unpaired) electrons. The zero-order valence-electron chi connectivity index (χ0n) is 9.21. The molecule has 0 saturated carbocycles. The second-order valence-electron chi connectivity index (χ2n) is 3.60. The molecule has 0 aromatic carbocycles. The van der Waals surface area contributed by atoms with Crippen LogP contribution in [0.5, 0.6) is 0 Å². The average molecular weight is 230 g/mol. The van der Waals surface area contributed by atoms with Crippen molar-refractivity contribution in [2.45, 2.75) is 33.3 Å². The van der Waals surface area contributed by atoms with Gasteiger partial charge in [-0.25, -0.2) is 9.97 Å². The standard InChI is InChI=1S/C10H16ClN3O/c1-6(15)4-5-12-10-9(11)13-7(2)8(3)14-10/h6,15H,4-5H2,1-3H3,(H,12,14). The first-order chi connectivity index (χ1) is 7.00. The number of nitrogens with one attached hydrogen (secondary N) is 1. The third kappa shape index (κ3) is 3.64. The highest BCUT2D eigenvalue weighted by Crippen LogP contribution is 2.18. The number of aliphatic hydroxyl groups is 1. The van der Waals surface area contributed by atoms with Gasteiger partial charge < -0.3 is 10.4 Å². The van der Waals surface area contributed by atoms with Gasteiger partial charge in [0.25, 0.3) is 0 Å². The molecule has 1 heterocycles. The summed E-state index contributed by atoms with van der Waals surface area (Å²) < 4.78 is 0. The number of anilines is 1. The normalized spacial score (nSPS) is 12.6. The number of aromatic nitrogens is 2. The number of aryl methyl sites for hydroxylation is 2. The Morgan fingerprint density at radius 2 is 1.93 bits per heavy atom. The molecule has 0 amide bonds. The summed E-state index contributed by atoms with van der Waals surface area (Å²) in [6.45, 7) is 6.14. The van der Waals surface area contributed by atoms with Crippen molar-refractivity contribution in [1.29, 1.82) is 0 Å². The zero-order chi connectivity index (χ0) is 11.4. The van der Waals surface area contributed by atoms with E-state index < -0.39 is 0 Å². The molecule has 1 rings (SSSR count). The Labute approximate surface area is 94.7 Å². The van der Waals surface area contributed by atoms with Gasteiger partial charge in [-0.05, 0) is 27.2 Å². The van der Waals surface area contributed by atoms with E-state index in [1.165, 1.54) is 0 Å². The maximum Gasteiger partial charge on any atom is 0.171 e. The second kappa shape index (κ2) is 5.28. The van der Waals surface area contributed by atoms with Crippen molar-refractivity contribution in [3.05, 3.63) is 16.5 Å². The molecule has 84 valence electrons. The van der Waals surface area contributed by atoms with Crippen LogP contribution in [0.15, 0.2) is 0 Å². The van der Waals surface area contributed by atoms with E-state index in [-0.39, 0.29) is 6.10 Å². The highest BCUT2D eigenvalue weighted by molar-refractivity contribution is 6.31. The smallest absolute Gasteiger partial charge is 0.171 e. The highest BCUT2D eigenvalue weighted by Gasteiger charge is 2.06. The minimum Gasteiger partial charge on any atom is -0.393 e. The fourth-order valence-corrected chi connectivity index (χ4v) is 1.32. The maximum absolute atomic E-state index is 9.09. The summed E-state index contributed by atoms with van der Waals surface area (Å²) in [5.74, 6) is 0.584. The van der Waals surface area contributed by atoms with Crippen LogP contribution in [-0.4, -0.2) is 27.7 Å². The summed E-state index contributed by atoms with van der Waals surface area (Å²) in [4.78, 5) is 8.43. The largest absolute Gasteiger partial charge is 0.393 e. The molecule has 5 heteroatoms. The van der Waals surface area contributed by atoms with Crippen molar-refractivity contribution in [2.24, 2.45) is 0 Å². The fourth-order valence-electron chi connectivity index (χ4n) is 1.09. The van der Waals surface area contributed by atoms with E-state index in [1.807, 2.05) is 13.8 Å². The van der Waals surface area contributed by atoms with Gasteiger partial charge in [0, 0.05) is 6.54 Å². The van der Waals surface area contributed by atoms with Crippen molar-refractivity contribution in [1.82, 2.24) is 9.97 Å². The quantitative estimate of drug-likeness (QED) is 0.829. The molecule has 15 heavy (non-hydrogen) atoms. The summed E-state index contributed by atoms with van der Waals surface area (Å²) in [5.41, 5.74) is 1.69. The van der Waals surface area contributed by atoms with E-state index in [1.54, 1.807) is 6.92 Å². The van der Waals surface area contributed by atoms with Crippen LogP contribution >= 0.6 is 11.6 Å². The molecule has 4 nitrogen and oxygen atoms in total. The van der Waals surface area contributed by atoms with Gasteiger partial charge in [-0.3, -0.25) is 0 Å². The summed E-state index contributed by atoms with van der Waals surface area (Å²) >= 11 is 5.92. The Hall–Kier alpha value is -0.870. The Morgan fingerprint density at radius 3 is 2.53 bits per heavy atom. The van der Waals surface area contributed by atoms with Crippen molar-refractivity contribution in [3.63, 3.8) is 0 Å². The molecule has 0 aliphatic carbocycles. The van der Waals surface area contributed by atoms with Gasteiger partial charge in [0.2, 0.25) is 0 Å². The summed E-state index contributed by atoms with van der Waals surface area (Å²) in [6, 6.07) is 0. The van der Waals surface area contributed by atoms with Gasteiger partial charge in [-0.2, -0.15) is 0 Å². The van der Waals surface area contributed by atoms with Gasteiger partial charge in [0.05, 0.1) is 17.5 Å². The van der Waals surface area contributed by atoms with Crippen molar-refractivity contribution in [3.8, 4) is 0 Å². The van der Waals surface area contributed by atoms with Gasteiger partial charge in [0.1, 0.15) is 0 Å². The molecule has 1 aromatic heterocycles. The lowest BCUT2D eigenvalue weighted by molar-refractivity contribution is 0.188. The molecular weight excluding hydrogens is 214 g/mol. The van der Waals surface area contributed by atoms with Crippen LogP contribution in [0.4, 0.5) is 5.82 Å². The summed E-state index contributed by atoms with van der Waals surface area (Å²) in [7, 11) is 0. The lowest BCUT2D eigenvalue weighted by Crippen LogP contribution is -2.12. The number of halogens is 1. The molecule has 1 aromatic rings. The topological polar surface area (TPSA) is 58.0 Å². The van der Waals surface area contributed by atoms with Crippen LogP contribution in [0, 0.1) is 13.8 Å². The third-order valence-electron chi connectivity index (χ3n) is 2.12. The monoisotopic (exact) mass is 229 g/mol. The van der Waals surface area contributed by atoms with E-state index in [4.69, 9.17) is 16.7 Å². The molecule has 1 atom stereocenters. The van der Waals surface area contributed by atoms with Gasteiger partial charge in [-0.15, -0.1) is 0 Å². The van der Waals surface area contributed by atoms with E-state index in [0.29, 0.717) is 23.9 Å². The maximum atomic E-state index is 9.09. The fraction of sp³-hybridized carbons (Fsp3) is 0.600. The van der Waals surface area contributed by atoms with Crippen LogP contribution in [0.2, 0.25) is 5.15 Å². The number of hydrogen-bond donors (Lipinski definition) is 2. The zero-order valence-corrected chi connectivity index (χ0v) is 9.97. The molecule has 2 N–H and O–H groups in total. The lowest BCUT2D eigenvalue weighted by Gasteiger charge is -2.09. The van der Waals surface area contributed by atoms with Gasteiger partial charge >= 0.3 is 0 Å². The number of nitrogens with zero attached hydrogens (tertiary/aromatic N) is 2. The number of rotatable bonds is 4. The van der Waals surface area contributed by atoms with E-state index in [2.05, 4.69) is 15.3 Å². The molecule has 0 spiro atoms. The van der Waals surface area contributed by atoms with Crippen LogP contribution in [-0.2, 0) is 0 Å². The molecule has 0 fully saturated rings. The molecular formula is C10H16ClN3O. The second-order valence-corrected chi connectivity index (χ2v) is 3.96. The molecule has 0 bridgehead atoms. The molecule has 0 saturated heterocycles. The predicted octanol–water partition coefficient (Wildman–Crippen LogP) is 1.93. The number of aliphatic hydroxyl groups excluding tert-OH is 1. The Kier molecular flexibility index (Phi) is 4.29. The van der Waals surface area contributed by atoms with E-state index in [0.717, 1.165) is 11.4 Å². The molecule has 0 aliphatic rings. The van der Waals surface area contributed by atoms with Crippen LogP contribution in [0.3, 0.4) is 0 Å². The Bertz CT molecular complexity index is 342. The first-order valence-electron chi connectivity index (χ1n) is 4.93. The average Bonchev–Trinajstić information content (AvgIpc) is 2.13. The van der Waals surface area contributed by atoms with Crippen molar-refractivity contribution >= 4 is 17.4 Å². The van der Waals surface area contributed by atoms with Gasteiger partial charge in [0.15, 0.2) is 11.0 Å². The summed E-state index contributed by atoms with van der Waals surface area (Å²) in [6.07, 6.45) is 0.334. The van der Waals surface area contributed by atoms with Crippen LogP contribution in [0.1, 0.15) is 24.7 Å². The van der Waals surface area contributed by atoms with E-state index in [9.17, 15) is 0 Å². The van der Waals surface area contributed by atoms with E-state index >= 15 is 0 Å². The molecule has 0 aliphatic heterocycles. The minimum atomic E-state index is -0.323. The lowest BCUT2D eigenvalue weighted by atomic mass is 10.3. The predicted molar refractivity (Wildman–Crippen MR) is 61.3 cm³/mol. The third-order valence-corrected chi connectivity index (χ3v) is 2.38. The minimum absolute atomic E-state index is 0.323. The Balaban J connectivity index is 2.65. The van der Waals surface area contributed by atoms with Crippen molar-refractivity contribution in [2.75, 3.05) is 11.9 Å². The summed E-state index contributed by atoms with van der Waals surface area (Å²) in [5, 5.41) is 12.5. The Morgan fingerprint density at radius 1 is 1.33 bits per heavy atom. The highest BCUT2D eigenvalue weighted by atomic mass is 35.5. The SMILES string of the molecule is Cc1nc(Cl)c(NCCC(C)O)nc1C.